The van der Waals surface area contributed by atoms with Crippen molar-refractivity contribution in [2.24, 2.45) is 0 Å². The van der Waals surface area contributed by atoms with Crippen LogP contribution in [0.2, 0.25) is 0 Å². The molecule has 0 aliphatic rings. The monoisotopic (exact) mass is 381 g/mol. The van der Waals surface area contributed by atoms with E-state index >= 15 is 0 Å². The average Bonchev–Trinajstić information content (AvgIpc) is 2.48. The van der Waals surface area contributed by atoms with E-state index in [2.05, 4.69) is 71.2 Å². The van der Waals surface area contributed by atoms with E-state index in [1.54, 1.807) is 0 Å². The van der Waals surface area contributed by atoms with Crippen molar-refractivity contribution in [3.8, 4) is 5.75 Å². The van der Waals surface area contributed by atoms with Gasteiger partial charge in [-0.1, -0.05) is 30.3 Å². The zero-order chi connectivity index (χ0) is 14.4. The zero-order valence-electron chi connectivity index (χ0n) is 11.9. The van der Waals surface area contributed by atoms with Crippen LogP contribution in [0.25, 0.3) is 0 Å². The van der Waals surface area contributed by atoms with E-state index in [1.165, 1.54) is 14.7 Å². The predicted octanol–water partition coefficient (Wildman–Crippen LogP) is 4.33. The highest BCUT2D eigenvalue weighted by atomic mass is 127. The van der Waals surface area contributed by atoms with Crippen LogP contribution in [0.5, 0.6) is 5.75 Å². The third-order valence-electron chi connectivity index (χ3n) is 3.24. The van der Waals surface area contributed by atoms with Crippen LogP contribution < -0.4 is 10.1 Å². The molecule has 20 heavy (non-hydrogen) atoms. The van der Waals surface area contributed by atoms with Crippen LogP contribution in [0.4, 0.5) is 0 Å². The lowest BCUT2D eigenvalue weighted by atomic mass is 10.1. The molecule has 1 N–H and O–H groups in total. The summed E-state index contributed by atoms with van der Waals surface area (Å²) in [5.41, 5.74) is 2.47. The Balaban J connectivity index is 2.17. The number of benzene rings is 2. The molecule has 2 aromatic carbocycles. The van der Waals surface area contributed by atoms with Gasteiger partial charge in [0.2, 0.25) is 0 Å². The molecule has 2 nitrogen and oxygen atoms in total. The zero-order valence-corrected chi connectivity index (χ0v) is 14.1. The summed E-state index contributed by atoms with van der Waals surface area (Å²) in [6, 6.07) is 16.7. The Morgan fingerprint density at radius 2 is 1.90 bits per heavy atom. The van der Waals surface area contributed by atoms with Gasteiger partial charge in [0.05, 0.1) is 0 Å². The number of nitrogens with one attached hydrogen (secondary N) is 1. The topological polar surface area (TPSA) is 21.3 Å². The Hall–Kier alpha value is -1.07. The molecule has 0 spiro atoms. The molecule has 0 aliphatic carbocycles. The summed E-state index contributed by atoms with van der Waals surface area (Å²) in [5.74, 6) is 0.938. The van der Waals surface area contributed by atoms with Gasteiger partial charge in [0.1, 0.15) is 11.9 Å². The standard InChI is InChI=1S/C17H20INO/c1-13-12-15(8-9-16(13)18)20-17(10-11-19-2)14-6-4-3-5-7-14/h3-9,12,17,19H,10-11H2,1-2H3/t17-/m1/s1. The molecule has 0 radical (unpaired) electrons. The molecule has 0 amide bonds. The van der Waals surface area contributed by atoms with E-state index < -0.39 is 0 Å². The molecule has 0 aromatic heterocycles. The number of ether oxygens (including phenoxy) is 1. The van der Waals surface area contributed by atoms with Crippen molar-refractivity contribution in [2.75, 3.05) is 13.6 Å². The lowest BCUT2D eigenvalue weighted by Gasteiger charge is -2.20. The van der Waals surface area contributed by atoms with Crippen LogP contribution in [-0.2, 0) is 0 Å². The minimum Gasteiger partial charge on any atom is -0.486 e. The largest absolute Gasteiger partial charge is 0.486 e. The number of hydrogen-bond donors (Lipinski definition) is 1. The third kappa shape index (κ3) is 4.21. The second kappa shape index (κ2) is 7.64. The van der Waals surface area contributed by atoms with Crippen molar-refractivity contribution in [3.05, 3.63) is 63.2 Å². The molecular formula is C17H20INO. The molecule has 0 bridgehead atoms. The van der Waals surface area contributed by atoms with E-state index in [9.17, 15) is 0 Å². The normalized spacial score (nSPS) is 12.2. The maximum Gasteiger partial charge on any atom is 0.125 e. The molecule has 2 aromatic rings. The number of halogens is 1. The van der Waals surface area contributed by atoms with Crippen molar-refractivity contribution in [3.63, 3.8) is 0 Å². The van der Waals surface area contributed by atoms with Crippen molar-refractivity contribution in [1.29, 1.82) is 0 Å². The van der Waals surface area contributed by atoms with Gasteiger partial charge in [-0.25, -0.2) is 0 Å². The molecule has 0 fully saturated rings. The van der Waals surface area contributed by atoms with Gasteiger partial charge < -0.3 is 10.1 Å². The van der Waals surface area contributed by atoms with Gasteiger partial charge >= 0.3 is 0 Å². The summed E-state index contributed by atoms with van der Waals surface area (Å²) in [5, 5.41) is 3.19. The van der Waals surface area contributed by atoms with E-state index in [-0.39, 0.29) is 6.10 Å². The van der Waals surface area contributed by atoms with Crippen LogP contribution >= 0.6 is 22.6 Å². The second-order valence-corrected chi connectivity index (χ2v) is 5.98. The van der Waals surface area contributed by atoms with Gasteiger partial charge in [-0.15, -0.1) is 0 Å². The maximum atomic E-state index is 6.20. The minimum absolute atomic E-state index is 0.0862. The number of hydrogen-bond acceptors (Lipinski definition) is 2. The highest BCUT2D eigenvalue weighted by Gasteiger charge is 2.13. The first-order valence-corrected chi connectivity index (χ1v) is 7.91. The molecular weight excluding hydrogens is 361 g/mol. The van der Waals surface area contributed by atoms with Crippen LogP contribution in [0.3, 0.4) is 0 Å². The smallest absolute Gasteiger partial charge is 0.125 e. The van der Waals surface area contributed by atoms with Crippen molar-refractivity contribution in [2.45, 2.75) is 19.4 Å². The highest BCUT2D eigenvalue weighted by molar-refractivity contribution is 14.1. The first-order valence-electron chi connectivity index (χ1n) is 6.83. The van der Waals surface area contributed by atoms with Gasteiger partial charge in [-0.2, -0.15) is 0 Å². The van der Waals surface area contributed by atoms with E-state index in [1.807, 2.05) is 19.2 Å². The van der Waals surface area contributed by atoms with E-state index in [0.717, 1.165) is 18.7 Å². The molecule has 0 unspecified atom stereocenters. The van der Waals surface area contributed by atoms with Crippen LogP contribution in [-0.4, -0.2) is 13.6 Å². The fourth-order valence-electron chi connectivity index (χ4n) is 2.09. The summed E-state index contributed by atoms with van der Waals surface area (Å²) in [4.78, 5) is 0. The third-order valence-corrected chi connectivity index (χ3v) is 4.45. The van der Waals surface area contributed by atoms with E-state index in [4.69, 9.17) is 4.74 Å². The molecule has 3 heteroatoms. The first kappa shape index (κ1) is 15.3. The molecule has 106 valence electrons. The number of aryl methyl sites for hydroxylation is 1. The fourth-order valence-corrected chi connectivity index (χ4v) is 2.43. The fraction of sp³-hybridized carbons (Fsp3) is 0.294. The number of rotatable bonds is 6. The Morgan fingerprint density at radius 3 is 2.55 bits per heavy atom. The highest BCUT2D eigenvalue weighted by Crippen LogP contribution is 2.26. The Labute approximate surface area is 134 Å². The molecule has 0 saturated heterocycles. The van der Waals surface area contributed by atoms with E-state index in [0.29, 0.717) is 0 Å². The van der Waals surface area contributed by atoms with Gasteiger partial charge in [0.25, 0.3) is 0 Å². The summed E-state index contributed by atoms with van der Waals surface area (Å²) < 4.78 is 7.46. The van der Waals surface area contributed by atoms with Crippen LogP contribution in [0, 0.1) is 10.5 Å². The lowest BCUT2D eigenvalue weighted by Crippen LogP contribution is -2.16. The van der Waals surface area contributed by atoms with Crippen LogP contribution in [0.15, 0.2) is 48.5 Å². The Bertz CT molecular complexity index is 542. The SMILES string of the molecule is CNCC[C@@H](Oc1ccc(I)c(C)c1)c1ccccc1. The minimum atomic E-state index is 0.0862. The summed E-state index contributed by atoms with van der Waals surface area (Å²) in [6.07, 6.45) is 1.04. The average molecular weight is 381 g/mol. The Morgan fingerprint density at radius 1 is 1.15 bits per heavy atom. The molecule has 0 saturated carbocycles. The van der Waals surface area contributed by atoms with Crippen molar-refractivity contribution < 1.29 is 4.74 Å². The van der Waals surface area contributed by atoms with Gasteiger partial charge in [-0.05, 0) is 72.4 Å². The summed E-state index contributed by atoms with van der Waals surface area (Å²) in [7, 11) is 1.97. The van der Waals surface area contributed by atoms with Crippen LogP contribution in [0.1, 0.15) is 23.7 Å². The molecule has 0 aliphatic heterocycles. The van der Waals surface area contributed by atoms with Gasteiger partial charge in [0.15, 0.2) is 0 Å². The molecule has 1 atom stereocenters. The second-order valence-electron chi connectivity index (χ2n) is 4.82. The molecule has 2 rings (SSSR count). The van der Waals surface area contributed by atoms with Gasteiger partial charge in [0, 0.05) is 9.99 Å². The first-order chi connectivity index (χ1) is 9.70. The summed E-state index contributed by atoms with van der Waals surface area (Å²) >= 11 is 2.34. The Kier molecular flexibility index (Phi) is 5.86. The predicted molar refractivity (Wildman–Crippen MR) is 92.3 cm³/mol. The van der Waals surface area contributed by atoms with Crippen molar-refractivity contribution in [1.82, 2.24) is 5.32 Å². The maximum absolute atomic E-state index is 6.20. The quantitative estimate of drug-likeness (QED) is 0.753. The summed E-state index contributed by atoms with van der Waals surface area (Å²) in [6.45, 7) is 3.04. The van der Waals surface area contributed by atoms with Crippen molar-refractivity contribution >= 4 is 22.6 Å². The molecule has 0 heterocycles. The van der Waals surface area contributed by atoms with Gasteiger partial charge in [-0.3, -0.25) is 0 Å². The lowest BCUT2D eigenvalue weighted by molar-refractivity contribution is 0.195.